The SMILES string of the molecule is Cc1nc(-c2ccc(Br)cc2)sc1C1(C#N)COC1. The van der Waals surface area contributed by atoms with Gasteiger partial charge < -0.3 is 4.74 Å². The Bertz CT molecular complexity index is 653. The van der Waals surface area contributed by atoms with Crippen molar-refractivity contribution in [3.8, 4) is 16.6 Å². The second kappa shape index (κ2) is 4.71. The van der Waals surface area contributed by atoms with Gasteiger partial charge >= 0.3 is 0 Å². The summed E-state index contributed by atoms with van der Waals surface area (Å²) in [6, 6.07) is 10.4. The number of halogens is 1. The number of benzene rings is 1. The highest BCUT2D eigenvalue weighted by Crippen LogP contribution is 2.40. The molecule has 0 spiro atoms. The smallest absolute Gasteiger partial charge is 0.140 e. The van der Waals surface area contributed by atoms with Gasteiger partial charge in [0.05, 0.1) is 29.9 Å². The number of aromatic nitrogens is 1. The Morgan fingerprint density at radius 2 is 2.05 bits per heavy atom. The second-order valence-electron chi connectivity index (χ2n) is 4.63. The Balaban J connectivity index is 2.02. The summed E-state index contributed by atoms with van der Waals surface area (Å²) >= 11 is 5.02. The van der Waals surface area contributed by atoms with Crippen molar-refractivity contribution in [1.29, 1.82) is 5.26 Å². The molecule has 0 atom stereocenters. The summed E-state index contributed by atoms with van der Waals surface area (Å²) in [5.74, 6) is 0. The third-order valence-electron chi connectivity index (χ3n) is 3.23. The van der Waals surface area contributed by atoms with E-state index in [1.807, 2.05) is 31.2 Å². The van der Waals surface area contributed by atoms with Crippen LogP contribution in [0.2, 0.25) is 0 Å². The average molecular weight is 335 g/mol. The number of ether oxygens (including phenoxy) is 1. The van der Waals surface area contributed by atoms with Gasteiger partial charge in [0.15, 0.2) is 0 Å². The van der Waals surface area contributed by atoms with Gasteiger partial charge in [0, 0.05) is 10.0 Å². The van der Waals surface area contributed by atoms with Crippen LogP contribution in [0.1, 0.15) is 10.6 Å². The van der Waals surface area contributed by atoms with E-state index in [2.05, 4.69) is 27.0 Å². The molecule has 0 bridgehead atoms. The van der Waals surface area contributed by atoms with E-state index in [0.717, 1.165) is 25.6 Å². The van der Waals surface area contributed by atoms with Crippen LogP contribution in [-0.2, 0) is 10.2 Å². The van der Waals surface area contributed by atoms with Crippen LogP contribution in [0.4, 0.5) is 0 Å². The number of nitrogens with zero attached hydrogens (tertiary/aromatic N) is 2. The first-order valence-electron chi connectivity index (χ1n) is 5.87. The van der Waals surface area contributed by atoms with Crippen molar-refractivity contribution in [2.75, 3.05) is 13.2 Å². The topological polar surface area (TPSA) is 45.9 Å². The minimum Gasteiger partial charge on any atom is -0.377 e. The fraction of sp³-hybridized carbons (Fsp3) is 0.286. The van der Waals surface area contributed by atoms with Crippen molar-refractivity contribution < 1.29 is 4.74 Å². The fourth-order valence-corrected chi connectivity index (χ4v) is 3.56. The van der Waals surface area contributed by atoms with Crippen molar-refractivity contribution in [2.45, 2.75) is 12.3 Å². The minimum absolute atomic E-state index is 0.477. The lowest BCUT2D eigenvalue weighted by atomic mass is 9.85. The maximum Gasteiger partial charge on any atom is 0.140 e. The Hall–Kier alpha value is -1.22. The third kappa shape index (κ3) is 2.10. The molecule has 1 aliphatic heterocycles. The lowest BCUT2D eigenvalue weighted by Gasteiger charge is -2.34. The molecule has 0 radical (unpaired) electrons. The molecule has 0 amide bonds. The predicted octanol–water partition coefficient (Wildman–Crippen LogP) is 3.67. The molecule has 1 aromatic heterocycles. The van der Waals surface area contributed by atoms with Crippen LogP contribution in [0.25, 0.3) is 10.6 Å². The van der Waals surface area contributed by atoms with Gasteiger partial charge in [0.25, 0.3) is 0 Å². The molecule has 3 rings (SSSR count). The van der Waals surface area contributed by atoms with Gasteiger partial charge in [-0.05, 0) is 19.1 Å². The maximum atomic E-state index is 9.37. The Kier molecular flexibility index (Phi) is 3.17. The number of nitriles is 1. The van der Waals surface area contributed by atoms with E-state index in [-0.39, 0.29) is 0 Å². The number of aryl methyl sites for hydroxylation is 1. The van der Waals surface area contributed by atoms with Crippen molar-refractivity contribution >= 4 is 27.3 Å². The molecule has 96 valence electrons. The van der Waals surface area contributed by atoms with Crippen LogP contribution in [0.5, 0.6) is 0 Å². The van der Waals surface area contributed by atoms with E-state index in [9.17, 15) is 5.26 Å². The lowest BCUT2D eigenvalue weighted by Crippen LogP contribution is -2.45. The molecule has 0 N–H and O–H groups in total. The zero-order valence-corrected chi connectivity index (χ0v) is 12.7. The second-order valence-corrected chi connectivity index (χ2v) is 6.54. The molecule has 2 heterocycles. The molecule has 3 nitrogen and oxygen atoms in total. The molecular weight excluding hydrogens is 324 g/mol. The number of hydrogen-bond acceptors (Lipinski definition) is 4. The zero-order chi connectivity index (χ0) is 13.5. The summed E-state index contributed by atoms with van der Waals surface area (Å²) in [7, 11) is 0. The molecule has 5 heteroatoms. The van der Waals surface area contributed by atoms with Crippen LogP contribution >= 0.6 is 27.3 Å². The molecule has 0 unspecified atom stereocenters. The summed E-state index contributed by atoms with van der Waals surface area (Å²) in [4.78, 5) is 5.64. The average Bonchev–Trinajstić information content (AvgIpc) is 2.73. The fourth-order valence-electron chi connectivity index (χ4n) is 2.11. The monoisotopic (exact) mass is 334 g/mol. The minimum atomic E-state index is -0.477. The number of hydrogen-bond donors (Lipinski definition) is 0. The van der Waals surface area contributed by atoms with Crippen molar-refractivity contribution in [3.63, 3.8) is 0 Å². The largest absolute Gasteiger partial charge is 0.377 e. The summed E-state index contributed by atoms with van der Waals surface area (Å²) in [6.45, 7) is 2.92. The normalized spacial score (nSPS) is 16.7. The van der Waals surface area contributed by atoms with Gasteiger partial charge in [0.1, 0.15) is 10.4 Å². The highest BCUT2D eigenvalue weighted by atomic mass is 79.9. The zero-order valence-electron chi connectivity index (χ0n) is 10.3. The predicted molar refractivity (Wildman–Crippen MR) is 78.1 cm³/mol. The molecule has 1 aromatic carbocycles. The van der Waals surface area contributed by atoms with Crippen LogP contribution in [0.3, 0.4) is 0 Å². The molecular formula is C14H11BrN2OS. The highest BCUT2D eigenvalue weighted by Gasteiger charge is 2.44. The van der Waals surface area contributed by atoms with E-state index in [1.165, 1.54) is 0 Å². The first-order valence-corrected chi connectivity index (χ1v) is 7.48. The van der Waals surface area contributed by atoms with Gasteiger partial charge in [-0.15, -0.1) is 11.3 Å². The van der Waals surface area contributed by atoms with Crippen molar-refractivity contribution in [2.24, 2.45) is 0 Å². The van der Waals surface area contributed by atoms with Gasteiger partial charge in [-0.25, -0.2) is 4.98 Å². The van der Waals surface area contributed by atoms with Crippen LogP contribution < -0.4 is 0 Å². The summed E-state index contributed by atoms with van der Waals surface area (Å²) in [6.07, 6.45) is 0. The first kappa shape index (κ1) is 12.8. The molecule has 0 saturated carbocycles. The van der Waals surface area contributed by atoms with E-state index in [4.69, 9.17) is 4.74 Å². The van der Waals surface area contributed by atoms with Crippen LogP contribution in [0.15, 0.2) is 28.7 Å². The summed E-state index contributed by atoms with van der Waals surface area (Å²) in [5, 5.41) is 10.3. The van der Waals surface area contributed by atoms with Gasteiger partial charge in [-0.1, -0.05) is 28.1 Å². The van der Waals surface area contributed by atoms with E-state index < -0.39 is 5.41 Å². The van der Waals surface area contributed by atoms with Gasteiger partial charge in [-0.3, -0.25) is 0 Å². The van der Waals surface area contributed by atoms with Crippen LogP contribution in [0, 0.1) is 18.3 Å². The van der Waals surface area contributed by atoms with Gasteiger partial charge in [0.2, 0.25) is 0 Å². The van der Waals surface area contributed by atoms with Crippen molar-refractivity contribution in [3.05, 3.63) is 39.3 Å². The lowest BCUT2D eigenvalue weighted by molar-refractivity contribution is -0.0284. The number of rotatable bonds is 2. The van der Waals surface area contributed by atoms with E-state index in [0.29, 0.717) is 13.2 Å². The Morgan fingerprint density at radius 1 is 1.37 bits per heavy atom. The standard InChI is InChI=1S/C14H11BrN2OS/c1-9-12(14(6-16)7-18-8-14)19-13(17-9)10-2-4-11(15)5-3-10/h2-5H,7-8H2,1H3. The summed E-state index contributed by atoms with van der Waals surface area (Å²) in [5.41, 5.74) is 1.54. The molecule has 1 aliphatic rings. The number of thiazole rings is 1. The van der Waals surface area contributed by atoms with Crippen molar-refractivity contribution in [1.82, 2.24) is 4.98 Å². The van der Waals surface area contributed by atoms with E-state index >= 15 is 0 Å². The molecule has 1 saturated heterocycles. The Labute approximate surface area is 124 Å². The first-order chi connectivity index (χ1) is 9.14. The molecule has 2 aromatic rings. The molecule has 0 aliphatic carbocycles. The van der Waals surface area contributed by atoms with E-state index in [1.54, 1.807) is 11.3 Å². The maximum absolute atomic E-state index is 9.37. The summed E-state index contributed by atoms with van der Waals surface area (Å²) < 4.78 is 6.27. The highest BCUT2D eigenvalue weighted by molar-refractivity contribution is 9.10. The molecule has 1 fully saturated rings. The Morgan fingerprint density at radius 3 is 2.58 bits per heavy atom. The quantitative estimate of drug-likeness (QED) is 0.841. The third-order valence-corrected chi connectivity index (χ3v) is 5.17. The van der Waals surface area contributed by atoms with Gasteiger partial charge in [-0.2, -0.15) is 5.26 Å². The molecule has 19 heavy (non-hydrogen) atoms. The van der Waals surface area contributed by atoms with Crippen LogP contribution in [-0.4, -0.2) is 18.2 Å².